The Morgan fingerprint density at radius 3 is 3.04 bits per heavy atom. The molecule has 2 N–H and O–H groups in total. The minimum Gasteiger partial charge on any atom is -0.369 e. The van der Waals surface area contributed by atoms with Gasteiger partial charge in [0.2, 0.25) is 5.62 Å². The number of halogens is 1. The molecule has 0 aliphatic carbocycles. The number of imidazole rings is 1. The molecule has 0 atom stereocenters. The summed E-state index contributed by atoms with van der Waals surface area (Å²) in [6, 6.07) is 11.2. The second-order valence-electron chi connectivity index (χ2n) is 6.05. The van der Waals surface area contributed by atoms with E-state index in [1.807, 2.05) is 22.8 Å². The molecule has 26 heavy (non-hydrogen) atoms. The number of rotatable bonds is 1. The molecule has 0 saturated carbocycles. The fourth-order valence-electron chi connectivity index (χ4n) is 3.21. The lowest BCUT2D eigenvalue weighted by Gasteiger charge is -2.08. The van der Waals surface area contributed by atoms with E-state index in [2.05, 4.69) is 41.2 Å². The Hall–Kier alpha value is -3.00. The fourth-order valence-corrected chi connectivity index (χ4v) is 3.56. The molecule has 128 valence electrons. The quantitative estimate of drug-likeness (QED) is 0.506. The second kappa shape index (κ2) is 5.77. The summed E-state index contributed by atoms with van der Waals surface area (Å²) in [5.74, 6) is 0.614. The summed E-state index contributed by atoms with van der Waals surface area (Å²) in [7, 11) is 0. The molecule has 2 aromatic heterocycles. The molecule has 2 aromatic carbocycles. The van der Waals surface area contributed by atoms with Crippen LogP contribution in [0.5, 0.6) is 0 Å². The molecular formula is C18H13BrN6O. The van der Waals surface area contributed by atoms with Crippen LogP contribution in [0, 0.1) is 0 Å². The first-order valence-electron chi connectivity index (χ1n) is 8.15. The zero-order valence-corrected chi connectivity index (χ0v) is 15.1. The molecule has 1 amide bonds. The third-order valence-corrected chi connectivity index (χ3v) is 4.94. The fraction of sp³-hybridized carbons (Fsp3) is 0.111. The maximum atomic E-state index is 12.7. The number of benzene rings is 2. The number of aromatic nitrogens is 4. The number of aromatic amines is 1. The summed E-state index contributed by atoms with van der Waals surface area (Å²) < 4.78 is 2.88. The van der Waals surface area contributed by atoms with Crippen molar-refractivity contribution in [1.82, 2.24) is 19.5 Å². The van der Waals surface area contributed by atoms with E-state index in [1.165, 1.54) is 0 Å². The van der Waals surface area contributed by atoms with Crippen molar-refractivity contribution in [3.8, 4) is 0 Å². The molecule has 5 rings (SSSR count). The van der Waals surface area contributed by atoms with Crippen molar-refractivity contribution in [2.24, 2.45) is 4.99 Å². The van der Waals surface area contributed by atoms with Crippen molar-refractivity contribution >= 4 is 49.6 Å². The molecule has 7 nitrogen and oxygen atoms in total. The highest BCUT2D eigenvalue weighted by Gasteiger charge is 2.16. The predicted molar refractivity (Wildman–Crippen MR) is 102 cm³/mol. The molecule has 3 heterocycles. The largest absolute Gasteiger partial charge is 0.369 e. The van der Waals surface area contributed by atoms with E-state index in [9.17, 15) is 4.79 Å². The predicted octanol–water partition coefficient (Wildman–Crippen LogP) is 2.84. The van der Waals surface area contributed by atoms with Crippen molar-refractivity contribution in [3.63, 3.8) is 0 Å². The van der Waals surface area contributed by atoms with Gasteiger partial charge in [-0.25, -0.2) is 9.97 Å². The first kappa shape index (κ1) is 15.3. The van der Waals surface area contributed by atoms with Gasteiger partial charge >= 0.3 is 0 Å². The summed E-state index contributed by atoms with van der Waals surface area (Å²) in [6.07, 6.45) is 1.60. The number of fused-ring (bicyclic) bond motifs is 4. The highest BCUT2D eigenvalue weighted by atomic mass is 79.9. The van der Waals surface area contributed by atoms with E-state index in [1.54, 1.807) is 24.5 Å². The Bertz CT molecular complexity index is 1260. The van der Waals surface area contributed by atoms with Crippen LogP contribution < -0.4 is 10.9 Å². The Labute approximate surface area is 155 Å². The van der Waals surface area contributed by atoms with Gasteiger partial charge in [0, 0.05) is 28.5 Å². The van der Waals surface area contributed by atoms with E-state index in [0.717, 1.165) is 45.3 Å². The van der Waals surface area contributed by atoms with Gasteiger partial charge in [0.15, 0.2) is 0 Å². The van der Waals surface area contributed by atoms with Gasteiger partial charge in [0.1, 0.15) is 5.82 Å². The van der Waals surface area contributed by atoms with E-state index in [-0.39, 0.29) is 5.91 Å². The maximum absolute atomic E-state index is 12.7. The highest BCUT2D eigenvalue weighted by Crippen LogP contribution is 2.25. The van der Waals surface area contributed by atoms with Crippen LogP contribution >= 0.6 is 15.9 Å². The molecule has 0 unspecified atom stereocenters. The monoisotopic (exact) mass is 408 g/mol. The molecule has 1 aliphatic rings. The summed E-state index contributed by atoms with van der Waals surface area (Å²) >= 11 is 3.47. The highest BCUT2D eigenvalue weighted by molar-refractivity contribution is 9.10. The van der Waals surface area contributed by atoms with E-state index in [4.69, 9.17) is 0 Å². The van der Waals surface area contributed by atoms with Gasteiger partial charge in [0.25, 0.3) is 5.91 Å². The smallest absolute Gasteiger partial charge is 0.280 e. The molecule has 8 heteroatoms. The van der Waals surface area contributed by atoms with Gasteiger partial charge in [-0.3, -0.25) is 9.36 Å². The Balaban J connectivity index is 1.69. The van der Waals surface area contributed by atoms with Crippen molar-refractivity contribution in [1.29, 1.82) is 0 Å². The zero-order valence-electron chi connectivity index (χ0n) is 13.5. The van der Waals surface area contributed by atoms with Crippen molar-refractivity contribution in [2.45, 2.75) is 6.54 Å². The van der Waals surface area contributed by atoms with Crippen molar-refractivity contribution in [2.75, 3.05) is 11.9 Å². The second-order valence-corrected chi connectivity index (χ2v) is 6.97. The third kappa shape index (κ3) is 2.41. The molecule has 0 spiro atoms. The SMILES string of the molecule is O=C(N=c1nc2cc(Br)ccc2c2n1CCN2)c1ccc2nc[nH]c2c1. The van der Waals surface area contributed by atoms with E-state index in [0.29, 0.717) is 11.2 Å². The number of H-pyrrole nitrogens is 1. The number of nitrogens with zero attached hydrogens (tertiary/aromatic N) is 4. The van der Waals surface area contributed by atoms with Gasteiger partial charge in [0.05, 0.1) is 22.9 Å². The van der Waals surface area contributed by atoms with Crippen LogP contribution in [0.1, 0.15) is 10.4 Å². The van der Waals surface area contributed by atoms with Crippen LogP contribution in [0.15, 0.2) is 52.2 Å². The Morgan fingerprint density at radius 1 is 1.19 bits per heavy atom. The summed E-state index contributed by atoms with van der Waals surface area (Å²) in [5.41, 5.74) is 3.31. The van der Waals surface area contributed by atoms with Crippen LogP contribution in [0.4, 0.5) is 5.82 Å². The number of nitrogens with one attached hydrogen (secondary N) is 2. The van der Waals surface area contributed by atoms with Crippen LogP contribution in [0.25, 0.3) is 21.9 Å². The molecule has 4 aromatic rings. The molecular weight excluding hydrogens is 396 g/mol. The van der Waals surface area contributed by atoms with Crippen molar-refractivity contribution < 1.29 is 4.79 Å². The lowest BCUT2D eigenvalue weighted by Crippen LogP contribution is -2.24. The van der Waals surface area contributed by atoms with Crippen LogP contribution in [0.2, 0.25) is 0 Å². The van der Waals surface area contributed by atoms with Gasteiger partial charge in [-0.15, -0.1) is 0 Å². The number of hydrogen-bond donors (Lipinski definition) is 2. The number of amides is 1. The van der Waals surface area contributed by atoms with Crippen molar-refractivity contribution in [3.05, 3.63) is 58.4 Å². The Kier molecular flexibility index (Phi) is 3.39. The normalized spacial score (nSPS) is 14.0. The summed E-state index contributed by atoms with van der Waals surface area (Å²) in [4.78, 5) is 28.8. The molecule has 0 fully saturated rings. The first-order chi connectivity index (χ1) is 12.7. The van der Waals surface area contributed by atoms with Gasteiger partial charge in [-0.05, 0) is 36.4 Å². The lowest BCUT2D eigenvalue weighted by atomic mass is 10.2. The van der Waals surface area contributed by atoms with Gasteiger partial charge in [-0.1, -0.05) is 15.9 Å². The van der Waals surface area contributed by atoms with E-state index < -0.39 is 0 Å². The van der Waals surface area contributed by atoms with E-state index >= 15 is 0 Å². The van der Waals surface area contributed by atoms with Gasteiger partial charge in [-0.2, -0.15) is 4.99 Å². The van der Waals surface area contributed by atoms with Crippen LogP contribution in [-0.2, 0) is 6.54 Å². The average molecular weight is 409 g/mol. The number of carbonyl (C=O) groups is 1. The summed E-state index contributed by atoms with van der Waals surface area (Å²) in [6.45, 7) is 1.51. The maximum Gasteiger partial charge on any atom is 0.280 e. The number of carbonyl (C=O) groups excluding carboxylic acids is 1. The van der Waals surface area contributed by atoms with Crippen LogP contribution in [0.3, 0.4) is 0 Å². The minimum atomic E-state index is -0.329. The number of anilines is 1. The third-order valence-electron chi connectivity index (χ3n) is 4.44. The topological polar surface area (TPSA) is 88.0 Å². The molecule has 0 radical (unpaired) electrons. The lowest BCUT2D eigenvalue weighted by molar-refractivity contribution is 0.0996. The average Bonchev–Trinajstić information content (AvgIpc) is 3.30. The summed E-state index contributed by atoms with van der Waals surface area (Å²) in [5, 5.41) is 4.37. The zero-order chi connectivity index (χ0) is 17.7. The molecule has 1 aliphatic heterocycles. The Morgan fingerprint density at radius 2 is 2.12 bits per heavy atom. The molecule has 0 bridgehead atoms. The van der Waals surface area contributed by atoms with Gasteiger partial charge < -0.3 is 10.3 Å². The standard InChI is InChI=1S/C18H13BrN6O/c19-11-2-3-12-14(8-11)23-18(25-6-5-20-16(12)25)24-17(26)10-1-4-13-15(7-10)22-9-21-13/h1-4,7-9,20H,5-6H2,(H,21,22). The number of hydrogen-bond acceptors (Lipinski definition) is 4. The minimum absolute atomic E-state index is 0.329. The molecule has 0 saturated heterocycles. The first-order valence-corrected chi connectivity index (χ1v) is 8.94. The van der Waals surface area contributed by atoms with Crippen LogP contribution in [-0.4, -0.2) is 32.0 Å².